The number of rotatable bonds is 2. The molecule has 1 N–H and O–H groups in total. The van der Waals surface area contributed by atoms with Crippen LogP contribution in [0, 0.1) is 0 Å². The maximum Gasteiger partial charge on any atom is 0.330 e. The molecule has 1 heterocycles. The number of amides is 3. The zero-order valence-electron chi connectivity index (χ0n) is 13.2. The van der Waals surface area contributed by atoms with E-state index in [-0.39, 0.29) is 12.0 Å². The van der Waals surface area contributed by atoms with E-state index >= 15 is 0 Å². The molecule has 0 aromatic heterocycles. The first-order valence-corrected chi connectivity index (χ1v) is 7.05. The zero-order valence-corrected chi connectivity index (χ0v) is 13.2. The Balaban J connectivity index is 2.30. The van der Waals surface area contributed by atoms with Crippen molar-refractivity contribution in [2.45, 2.75) is 32.2 Å². The standard InChI is InChI=1S/C16H20N2O4/c1-16(2,3)11-8-6-5-7-10(11)13(19)18-9-12(14(20)22-4)17-15(18)21/h5-8,12H,9H2,1-4H3,(H,17,21)/t12-/m0/s1. The Hall–Kier alpha value is -2.37. The summed E-state index contributed by atoms with van der Waals surface area (Å²) in [7, 11) is 1.24. The van der Waals surface area contributed by atoms with Crippen LogP contribution >= 0.6 is 0 Å². The van der Waals surface area contributed by atoms with Gasteiger partial charge < -0.3 is 10.1 Å². The fourth-order valence-electron chi connectivity index (χ4n) is 2.46. The molecule has 3 amide bonds. The molecule has 1 atom stereocenters. The highest BCUT2D eigenvalue weighted by atomic mass is 16.5. The van der Waals surface area contributed by atoms with Crippen molar-refractivity contribution in [1.29, 1.82) is 0 Å². The number of methoxy groups -OCH3 is 1. The smallest absolute Gasteiger partial charge is 0.330 e. The monoisotopic (exact) mass is 304 g/mol. The topological polar surface area (TPSA) is 75.7 Å². The van der Waals surface area contributed by atoms with Crippen LogP contribution in [0.15, 0.2) is 24.3 Å². The number of carbonyl (C=O) groups is 3. The van der Waals surface area contributed by atoms with Crippen molar-refractivity contribution in [3.05, 3.63) is 35.4 Å². The first-order chi connectivity index (χ1) is 10.3. The third-order valence-corrected chi connectivity index (χ3v) is 3.60. The molecule has 1 aromatic carbocycles. The molecule has 0 aliphatic carbocycles. The van der Waals surface area contributed by atoms with Gasteiger partial charge in [0.15, 0.2) is 0 Å². The van der Waals surface area contributed by atoms with E-state index < -0.39 is 23.9 Å². The second kappa shape index (κ2) is 5.79. The number of ether oxygens (including phenoxy) is 1. The predicted octanol–water partition coefficient (Wildman–Crippen LogP) is 1.69. The summed E-state index contributed by atoms with van der Waals surface area (Å²) in [6, 6.07) is 5.79. The van der Waals surface area contributed by atoms with Crippen LogP contribution in [0.25, 0.3) is 0 Å². The second-order valence-electron chi connectivity index (χ2n) is 6.24. The second-order valence-corrected chi connectivity index (χ2v) is 6.24. The largest absolute Gasteiger partial charge is 0.467 e. The Morgan fingerprint density at radius 3 is 2.50 bits per heavy atom. The van der Waals surface area contributed by atoms with E-state index in [1.165, 1.54) is 7.11 Å². The Kier molecular flexibility index (Phi) is 4.21. The molecule has 1 aliphatic heterocycles. The van der Waals surface area contributed by atoms with Crippen LogP contribution in [0.2, 0.25) is 0 Å². The SMILES string of the molecule is COC(=O)[C@@H]1CN(C(=O)c2ccccc2C(C)(C)C)C(=O)N1. The van der Waals surface area contributed by atoms with Crippen molar-refractivity contribution in [3.63, 3.8) is 0 Å². The average Bonchev–Trinajstić information content (AvgIpc) is 2.86. The molecule has 2 rings (SSSR count). The van der Waals surface area contributed by atoms with E-state index in [2.05, 4.69) is 10.1 Å². The highest BCUT2D eigenvalue weighted by molar-refractivity contribution is 6.07. The minimum absolute atomic E-state index is 0.0250. The van der Waals surface area contributed by atoms with Crippen molar-refractivity contribution in [3.8, 4) is 0 Å². The minimum Gasteiger partial charge on any atom is -0.467 e. The minimum atomic E-state index is -0.816. The van der Waals surface area contributed by atoms with Crippen LogP contribution in [-0.4, -0.2) is 42.5 Å². The third-order valence-electron chi connectivity index (χ3n) is 3.60. The summed E-state index contributed by atoms with van der Waals surface area (Å²) in [4.78, 5) is 37.2. The van der Waals surface area contributed by atoms with E-state index in [1.807, 2.05) is 32.9 Å². The summed E-state index contributed by atoms with van der Waals surface area (Å²) in [5.41, 5.74) is 1.09. The summed E-state index contributed by atoms with van der Waals surface area (Å²) >= 11 is 0. The van der Waals surface area contributed by atoms with Gasteiger partial charge in [0.05, 0.1) is 13.7 Å². The van der Waals surface area contributed by atoms with E-state index in [1.54, 1.807) is 12.1 Å². The average molecular weight is 304 g/mol. The number of benzene rings is 1. The summed E-state index contributed by atoms with van der Waals surface area (Å²) in [6.07, 6.45) is 0. The lowest BCUT2D eigenvalue weighted by Crippen LogP contribution is -2.35. The van der Waals surface area contributed by atoms with Gasteiger partial charge in [0, 0.05) is 5.56 Å². The van der Waals surface area contributed by atoms with Gasteiger partial charge in [-0.05, 0) is 17.0 Å². The Morgan fingerprint density at radius 2 is 1.91 bits per heavy atom. The lowest BCUT2D eigenvalue weighted by atomic mass is 9.83. The quantitative estimate of drug-likeness (QED) is 0.844. The molecule has 22 heavy (non-hydrogen) atoms. The molecule has 0 radical (unpaired) electrons. The van der Waals surface area contributed by atoms with Crippen LogP contribution in [0.5, 0.6) is 0 Å². The maximum atomic E-state index is 12.7. The zero-order chi connectivity index (χ0) is 16.5. The molecule has 1 aromatic rings. The van der Waals surface area contributed by atoms with Crippen molar-refractivity contribution in [1.82, 2.24) is 10.2 Å². The predicted molar refractivity (Wildman–Crippen MR) is 80.5 cm³/mol. The highest BCUT2D eigenvalue weighted by Crippen LogP contribution is 2.27. The molecule has 0 unspecified atom stereocenters. The number of hydrogen-bond donors (Lipinski definition) is 1. The fourth-order valence-corrected chi connectivity index (χ4v) is 2.46. The van der Waals surface area contributed by atoms with Gasteiger partial charge in [-0.3, -0.25) is 9.69 Å². The summed E-state index contributed by atoms with van der Waals surface area (Å²) < 4.78 is 4.60. The van der Waals surface area contributed by atoms with E-state index in [9.17, 15) is 14.4 Å². The Morgan fingerprint density at radius 1 is 1.27 bits per heavy atom. The molecule has 1 fully saturated rings. The van der Waals surface area contributed by atoms with Crippen molar-refractivity contribution < 1.29 is 19.1 Å². The number of imide groups is 1. The number of nitrogens with zero attached hydrogens (tertiary/aromatic N) is 1. The summed E-state index contributed by atoms with van der Waals surface area (Å²) in [5.74, 6) is -0.970. The molecule has 0 saturated carbocycles. The van der Waals surface area contributed by atoms with Crippen molar-refractivity contribution in [2.75, 3.05) is 13.7 Å². The number of nitrogens with one attached hydrogen (secondary N) is 1. The van der Waals surface area contributed by atoms with Crippen molar-refractivity contribution >= 4 is 17.9 Å². The highest BCUT2D eigenvalue weighted by Gasteiger charge is 2.39. The number of esters is 1. The molecule has 1 aliphatic rings. The molecular weight excluding hydrogens is 284 g/mol. The number of carbonyl (C=O) groups excluding carboxylic acids is 3. The van der Waals surface area contributed by atoms with Gasteiger partial charge in [-0.15, -0.1) is 0 Å². The van der Waals surface area contributed by atoms with Gasteiger partial charge in [-0.25, -0.2) is 9.59 Å². The van der Waals surface area contributed by atoms with Gasteiger partial charge >= 0.3 is 12.0 Å². The van der Waals surface area contributed by atoms with E-state index in [0.29, 0.717) is 5.56 Å². The van der Waals surface area contributed by atoms with E-state index in [0.717, 1.165) is 10.5 Å². The van der Waals surface area contributed by atoms with Gasteiger partial charge in [-0.1, -0.05) is 39.0 Å². The number of hydrogen-bond acceptors (Lipinski definition) is 4. The third kappa shape index (κ3) is 2.95. The van der Waals surface area contributed by atoms with Gasteiger partial charge in [0.1, 0.15) is 6.04 Å². The summed E-state index contributed by atoms with van der Waals surface area (Å²) in [6.45, 7) is 5.98. The van der Waals surface area contributed by atoms with Crippen LogP contribution in [0.4, 0.5) is 4.79 Å². The number of urea groups is 1. The van der Waals surface area contributed by atoms with Crippen LogP contribution in [-0.2, 0) is 14.9 Å². The van der Waals surface area contributed by atoms with Crippen LogP contribution in [0.3, 0.4) is 0 Å². The summed E-state index contributed by atoms with van der Waals surface area (Å²) in [5, 5.41) is 2.46. The molecule has 118 valence electrons. The molecular formula is C16H20N2O4. The molecule has 6 nitrogen and oxygen atoms in total. The van der Waals surface area contributed by atoms with Crippen LogP contribution in [0.1, 0.15) is 36.7 Å². The van der Waals surface area contributed by atoms with Crippen molar-refractivity contribution in [2.24, 2.45) is 0 Å². The van der Waals surface area contributed by atoms with E-state index in [4.69, 9.17) is 0 Å². The molecule has 0 bridgehead atoms. The Bertz CT molecular complexity index is 619. The van der Waals surface area contributed by atoms with Gasteiger partial charge in [0.2, 0.25) is 0 Å². The van der Waals surface area contributed by atoms with Gasteiger partial charge in [-0.2, -0.15) is 0 Å². The normalized spacial score (nSPS) is 18.1. The first-order valence-electron chi connectivity index (χ1n) is 7.05. The molecule has 0 spiro atoms. The molecule has 6 heteroatoms. The fraction of sp³-hybridized carbons (Fsp3) is 0.438. The lowest BCUT2D eigenvalue weighted by molar-refractivity contribution is -0.142. The lowest BCUT2D eigenvalue weighted by Gasteiger charge is -2.24. The maximum absolute atomic E-state index is 12.7. The first kappa shape index (κ1) is 16.0. The molecule has 1 saturated heterocycles. The van der Waals surface area contributed by atoms with Gasteiger partial charge in [0.25, 0.3) is 5.91 Å². The Labute approximate surface area is 129 Å². The van der Waals surface area contributed by atoms with Crippen LogP contribution < -0.4 is 5.32 Å².